The molecule has 0 spiro atoms. The van der Waals surface area contributed by atoms with Crippen LogP contribution in [0.25, 0.3) is 10.2 Å². The summed E-state index contributed by atoms with van der Waals surface area (Å²) >= 11 is 5.20. The smallest absolute Gasteiger partial charge is 0.0967 e. The lowest BCUT2D eigenvalue weighted by atomic mass is 10.0. The van der Waals surface area contributed by atoms with E-state index in [-0.39, 0.29) is 0 Å². The number of fused-ring (bicyclic) bond motifs is 1. The number of benzene rings is 2. The van der Waals surface area contributed by atoms with Crippen molar-refractivity contribution in [3.63, 3.8) is 0 Å². The van der Waals surface area contributed by atoms with E-state index in [1.165, 1.54) is 0 Å². The SMILES string of the molecule is Cc1cccc(C(O)Cc2nc3ccccc3s2)c1Br. The average molecular weight is 348 g/mol. The van der Waals surface area contributed by atoms with E-state index in [0.717, 1.165) is 30.8 Å². The summed E-state index contributed by atoms with van der Waals surface area (Å²) in [4.78, 5) is 4.57. The maximum atomic E-state index is 10.4. The van der Waals surface area contributed by atoms with Crippen LogP contribution in [0.5, 0.6) is 0 Å². The van der Waals surface area contributed by atoms with E-state index in [9.17, 15) is 5.11 Å². The number of nitrogens with zero attached hydrogens (tertiary/aromatic N) is 1. The number of para-hydroxylation sites is 1. The van der Waals surface area contributed by atoms with Crippen LogP contribution in [0.4, 0.5) is 0 Å². The number of aliphatic hydroxyl groups is 1. The van der Waals surface area contributed by atoms with E-state index in [0.29, 0.717) is 6.42 Å². The number of thiazole rings is 1. The summed E-state index contributed by atoms with van der Waals surface area (Å²) in [7, 11) is 0. The first kappa shape index (κ1) is 13.7. The van der Waals surface area contributed by atoms with Gasteiger partial charge in [0, 0.05) is 10.9 Å². The van der Waals surface area contributed by atoms with Crippen LogP contribution in [0.15, 0.2) is 46.9 Å². The van der Waals surface area contributed by atoms with Gasteiger partial charge < -0.3 is 5.11 Å². The molecule has 102 valence electrons. The second-order valence-electron chi connectivity index (χ2n) is 4.77. The van der Waals surface area contributed by atoms with Crippen LogP contribution in [-0.2, 0) is 6.42 Å². The molecule has 4 heteroatoms. The first-order valence-electron chi connectivity index (χ1n) is 6.42. The van der Waals surface area contributed by atoms with Crippen LogP contribution >= 0.6 is 27.3 Å². The zero-order valence-electron chi connectivity index (χ0n) is 11.0. The van der Waals surface area contributed by atoms with Gasteiger partial charge >= 0.3 is 0 Å². The average Bonchev–Trinajstić information content (AvgIpc) is 2.83. The highest BCUT2D eigenvalue weighted by Gasteiger charge is 2.15. The normalized spacial score (nSPS) is 12.8. The van der Waals surface area contributed by atoms with Gasteiger partial charge in [0.15, 0.2) is 0 Å². The summed E-state index contributed by atoms with van der Waals surface area (Å²) in [5, 5.41) is 11.4. The van der Waals surface area contributed by atoms with Gasteiger partial charge in [0.2, 0.25) is 0 Å². The zero-order valence-corrected chi connectivity index (χ0v) is 13.4. The minimum atomic E-state index is -0.537. The van der Waals surface area contributed by atoms with Crippen LogP contribution in [0, 0.1) is 6.92 Å². The van der Waals surface area contributed by atoms with E-state index >= 15 is 0 Å². The summed E-state index contributed by atoms with van der Waals surface area (Å²) in [5.41, 5.74) is 3.05. The fourth-order valence-electron chi connectivity index (χ4n) is 2.21. The lowest BCUT2D eigenvalue weighted by Crippen LogP contribution is -2.03. The van der Waals surface area contributed by atoms with Crippen molar-refractivity contribution in [1.29, 1.82) is 0 Å². The highest BCUT2D eigenvalue weighted by atomic mass is 79.9. The summed E-state index contributed by atoms with van der Waals surface area (Å²) in [5.74, 6) is 0. The van der Waals surface area contributed by atoms with Crippen molar-refractivity contribution in [1.82, 2.24) is 4.98 Å². The molecule has 0 bridgehead atoms. The molecule has 3 aromatic rings. The molecule has 20 heavy (non-hydrogen) atoms. The summed E-state index contributed by atoms with van der Waals surface area (Å²) < 4.78 is 2.15. The summed E-state index contributed by atoms with van der Waals surface area (Å²) in [6, 6.07) is 14.0. The van der Waals surface area contributed by atoms with Crippen LogP contribution in [0.3, 0.4) is 0 Å². The first-order chi connectivity index (χ1) is 9.65. The van der Waals surface area contributed by atoms with Gasteiger partial charge in [-0.3, -0.25) is 0 Å². The Morgan fingerprint density at radius 1 is 1.20 bits per heavy atom. The minimum absolute atomic E-state index is 0.537. The van der Waals surface area contributed by atoms with Crippen LogP contribution in [0.2, 0.25) is 0 Å². The molecule has 0 aliphatic heterocycles. The predicted octanol–water partition coefficient (Wildman–Crippen LogP) is 4.64. The number of halogens is 1. The third-order valence-electron chi connectivity index (χ3n) is 3.29. The van der Waals surface area contributed by atoms with Gasteiger partial charge in [0.05, 0.1) is 21.3 Å². The maximum Gasteiger partial charge on any atom is 0.0967 e. The van der Waals surface area contributed by atoms with E-state index < -0.39 is 6.10 Å². The van der Waals surface area contributed by atoms with Crippen LogP contribution in [-0.4, -0.2) is 10.1 Å². The Balaban J connectivity index is 1.88. The van der Waals surface area contributed by atoms with Crippen molar-refractivity contribution >= 4 is 37.5 Å². The van der Waals surface area contributed by atoms with Crippen molar-refractivity contribution < 1.29 is 5.11 Å². The van der Waals surface area contributed by atoms with Gasteiger partial charge in [0.1, 0.15) is 0 Å². The van der Waals surface area contributed by atoms with E-state index in [1.54, 1.807) is 11.3 Å². The minimum Gasteiger partial charge on any atom is -0.388 e. The molecule has 2 nitrogen and oxygen atoms in total. The van der Waals surface area contributed by atoms with Crippen molar-refractivity contribution in [2.24, 2.45) is 0 Å². The second kappa shape index (κ2) is 5.64. The van der Waals surface area contributed by atoms with Gasteiger partial charge in [-0.25, -0.2) is 4.98 Å². The van der Waals surface area contributed by atoms with E-state index in [1.807, 2.05) is 43.3 Å². The molecule has 1 atom stereocenters. The molecule has 1 unspecified atom stereocenters. The number of hydrogen-bond donors (Lipinski definition) is 1. The zero-order chi connectivity index (χ0) is 14.1. The lowest BCUT2D eigenvalue weighted by molar-refractivity contribution is 0.177. The highest BCUT2D eigenvalue weighted by Crippen LogP contribution is 2.30. The van der Waals surface area contributed by atoms with Crippen molar-refractivity contribution in [3.8, 4) is 0 Å². The van der Waals surface area contributed by atoms with Gasteiger partial charge in [0.25, 0.3) is 0 Å². The Morgan fingerprint density at radius 3 is 2.80 bits per heavy atom. The fraction of sp³-hybridized carbons (Fsp3) is 0.188. The Hall–Kier alpha value is -1.23. The molecule has 1 aromatic heterocycles. The lowest BCUT2D eigenvalue weighted by Gasteiger charge is -2.12. The van der Waals surface area contributed by atoms with Gasteiger partial charge in [-0.15, -0.1) is 11.3 Å². The molecule has 0 aliphatic rings. The largest absolute Gasteiger partial charge is 0.388 e. The van der Waals surface area contributed by atoms with E-state index in [4.69, 9.17) is 0 Å². The highest BCUT2D eigenvalue weighted by molar-refractivity contribution is 9.10. The fourth-order valence-corrected chi connectivity index (χ4v) is 3.74. The van der Waals surface area contributed by atoms with Crippen LogP contribution in [0.1, 0.15) is 22.2 Å². The van der Waals surface area contributed by atoms with Gasteiger partial charge in [-0.05, 0) is 30.2 Å². The molecule has 1 heterocycles. The molecule has 0 saturated heterocycles. The van der Waals surface area contributed by atoms with Crippen molar-refractivity contribution in [2.75, 3.05) is 0 Å². The Kier molecular flexibility index (Phi) is 3.87. The number of hydrogen-bond acceptors (Lipinski definition) is 3. The molecule has 2 aromatic carbocycles. The number of rotatable bonds is 3. The number of aromatic nitrogens is 1. The quantitative estimate of drug-likeness (QED) is 0.748. The Bertz CT molecular complexity index is 720. The first-order valence-corrected chi connectivity index (χ1v) is 8.03. The predicted molar refractivity (Wildman–Crippen MR) is 87.2 cm³/mol. The molecule has 1 N–H and O–H groups in total. The third kappa shape index (κ3) is 2.64. The molecular formula is C16H14BrNOS. The van der Waals surface area contributed by atoms with Crippen LogP contribution < -0.4 is 0 Å². The second-order valence-corrected chi connectivity index (χ2v) is 6.68. The van der Waals surface area contributed by atoms with Crippen molar-refractivity contribution in [2.45, 2.75) is 19.4 Å². The molecule has 0 amide bonds. The van der Waals surface area contributed by atoms with Gasteiger partial charge in [-0.2, -0.15) is 0 Å². The summed E-state index contributed by atoms with van der Waals surface area (Å²) in [6.07, 6.45) is 0.00587. The summed E-state index contributed by atoms with van der Waals surface area (Å²) in [6.45, 7) is 2.03. The maximum absolute atomic E-state index is 10.4. The topological polar surface area (TPSA) is 33.1 Å². The molecule has 0 fully saturated rings. The molecule has 0 saturated carbocycles. The Morgan fingerprint density at radius 2 is 2.00 bits per heavy atom. The molecule has 0 radical (unpaired) electrons. The molecule has 0 aliphatic carbocycles. The number of aryl methyl sites for hydroxylation is 1. The third-order valence-corrected chi connectivity index (χ3v) is 5.43. The van der Waals surface area contributed by atoms with E-state index in [2.05, 4.69) is 27.0 Å². The Labute approximate surface area is 130 Å². The molecular weight excluding hydrogens is 334 g/mol. The van der Waals surface area contributed by atoms with Crippen molar-refractivity contribution in [3.05, 3.63) is 63.1 Å². The van der Waals surface area contributed by atoms with Gasteiger partial charge in [-0.1, -0.05) is 46.3 Å². The monoisotopic (exact) mass is 347 g/mol. The number of aliphatic hydroxyl groups excluding tert-OH is 1. The standard InChI is InChI=1S/C16H14BrNOS/c1-10-5-4-6-11(16(10)17)13(19)9-15-18-12-7-2-3-8-14(12)20-15/h2-8,13,19H,9H2,1H3. The molecule has 3 rings (SSSR count).